The number of rotatable bonds is 4. The third-order valence-electron chi connectivity index (χ3n) is 7.91. The molecule has 0 N–H and O–H groups in total. The lowest BCUT2D eigenvalue weighted by Crippen LogP contribution is -1.97. The molecule has 0 saturated heterocycles. The van der Waals surface area contributed by atoms with Gasteiger partial charge in [0, 0.05) is 23.6 Å². The van der Waals surface area contributed by atoms with E-state index in [1.807, 2.05) is 24.5 Å². The van der Waals surface area contributed by atoms with Crippen LogP contribution < -0.4 is 0 Å². The molecular formula is C38H25N3. The summed E-state index contributed by atoms with van der Waals surface area (Å²) in [7, 11) is 0. The molecule has 0 saturated carbocycles. The molecule has 0 radical (unpaired) electrons. The van der Waals surface area contributed by atoms with E-state index in [1.54, 1.807) is 0 Å². The number of para-hydroxylation sites is 2. The minimum atomic E-state index is 0.942. The maximum atomic E-state index is 5.02. The van der Waals surface area contributed by atoms with E-state index in [0.29, 0.717) is 0 Å². The monoisotopic (exact) mass is 523 g/mol. The molecule has 6 aromatic carbocycles. The van der Waals surface area contributed by atoms with Crippen LogP contribution in [0.5, 0.6) is 0 Å². The maximum Gasteiger partial charge on any atom is 0.145 e. The fourth-order valence-electron chi connectivity index (χ4n) is 6.11. The van der Waals surface area contributed by atoms with Crippen LogP contribution in [0.1, 0.15) is 0 Å². The van der Waals surface area contributed by atoms with Gasteiger partial charge in [-0.2, -0.15) is 0 Å². The normalized spacial score (nSPS) is 11.4. The Labute approximate surface area is 238 Å². The summed E-state index contributed by atoms with van der Waals surface area (Å²) < 4.78 is 2.26. The van der Waals surface area contributed by atoms with Gasteiger partial charge in [-0.1, -0.05) is 103 Å². The van der Waals surface area contributed by atoms with E-state index in [2.05, 4.69) is 137 Å². The van der Waals surface area contributed by atoms with Crippen LogP contribution in [0.15, 0.2) is 152 Å². The van der Waals surface area contributed by atoms with Crippen molar-refractivity contribution in [3.63, 3.8) is 0 Å². The first-order valence-electron chi connectivity index (χ1n) is 13.8. The summed E-state index contributed by atoms with van der Waals surface area (Å²) in [6.07, 6.45) is 3.74. The minimum absolute atomic E-state index is 0.942. The van der Waals surface area contributed by atoms with E-state index in [0.717, 1.165) is 28.1 Å². The zero-order valence-corrected chi connectivity index (χ0v) is 22.3. The van der Waals surface area contributed by atoms with Gasteiger partial charge < -0.3 is 0 Å². The maximum absolute atomic E-state index is 5.02. The van der Waals surface area contributed by atoms with Gasteiger partial charge in [0.2, 0.25) is 0 Å². The molecule has 0 amide bonds. The Morgan fingerprint density at radius 3 is 1.54 bits per heavy atom. The van der Waals surface area contributed by atoms with Gasteiger partial charge in [-0.15, -0.1) is 0 Å². The summed E-state index contributed by atoms with van der Waals surface area (Å²) in [5.41, 5.74) is 9.12. The Morgan fingerprint density at radius 2 is 0.927 bits per heavy atom. The van der Waals surface area contributed by atoms with Crippen LogP contribution >= 0.6 is 0 Å². The lowest BCUT2D eigenvalue weighted by atomic mass is 9.86. The van der Waals surface area contributed by atoms with E-state index in [1.165, 1.54) is 43.8 Å². The van der Waals surface area contributed by atoms with Crippen molar-refractivity contribution in [3.8, 4) is 39.3 Å². The molecule has 41 heavy (non-hydrogen) atoms. The number of benzene rings is 6. The predicted octanol–water partition coefficient (Wildman–Crippen LogP) is 9.73. The molecule has 8 aromatic rings. The van der Waals surface area contributed by atoms with Crippen molar-refractivity contribution in [1.82, 2.24) is 14.5 Å². The Balaban J connectivity index is 1.35. The van der Waals surface area contributed by atoms with Crippen molar-refractivity contribution in [2.24, 2.45) is 0 Å². The second-order valence-electron chi connectivity index (χ2n) is 10.2. The van der Waals surface area contributed by atoms with Crippen molar-refractivity contribution in [2.45, 2.75) is 0 Å². The molecule has 0 fully saturated rings. The van der Waals surface area contributed by atoms with Gasteiger partial charge in [0.15, 0.2) is 0 Å². The van der Waals surface area contributed by atoms with E-state index in [4.69, 9.17) is 4.98 Å². The van der Waals surface area contributed by atoms with Crippen LogP contribution in [0, 0.1) is 0 Å². The SMILES string of the molecule is c1ccc(-c2nc3ccccc3n2-c2ccc(-c3c4ccccc4c(-c4ccncc4)c4ccccc34)cc2)cc1. The predicted molar refractivity (Wildman–Crippen MR) is 170 cm³/mol. The zero-order chi connectivity index (χ0) is 27.2. The zero-order valence-electron chi connectivity index (χ0n) is 22.3. The summed E-state index contributed by atoms with van der Waals surface area (Å²) in [6.45, 7) is 0. The first-order chi connectivity index (χ1) is 20.4. The number of hydrogen-bond acceptors (Lipinski definition) is 2. The van der Waals surface area contributed by atoms with Gasteiger partial charge in [0.05, 0.1) is 11.0 Å². The van der Waals surface area contributed by atoms with Crippen LogP contribution in [0.4, 0.5) is 0 Å². The molecule has 2 heterocycles. The molecule has 0 bridgehead atoms. The second kappa shape index (κ2) is 9.58. The van der Waals surface area contributed by atoms with Crippen LogP contribution in [0.25, 0.3) is 71.9 Å². The van der Waals surface area contributed by atoms with Crippen molar-refractivity contribution in [2.75, 3.05) is 0 Å². The van der Waals surface area contributed by atoms with Gasteiger partial charge >= 0.3 is 0 Å². The number of aromatic nitrogens is 3. The lowest BCUT2D eigenvalue weighted by molar-refractivity contribution is 1.10. The average molecular weight is 524 g/mol. The Hall–Kier alpha value is -5.54. The molecule has 8 rings (SSSR count). The van der Waals surface area contributed by atoms with E-state index in [-0.39, 0.29) is 0 Å². The standard InChI is InChI=1S/C38H25N3/c1-2-10-28(11-3-1)38-40-34-16-8-9-17-35(34)41(38)29-20-18-26(19-21-29)36-30-12-4-6-14-32(30)37(27-22-24-39-25-23-27)33-15-7-5-13-31(33)36/h1-25H. The van der Waals surface area contributed by atoms with Gasteiger partial charge in [-0.3, -0.25) is 9.55 Å². The highest BCUT2D eigenvalue weighted by molar-refractivity contribution is 6.21. The third-order valence-corrected chi connectivity index (χ3v) is 7.91. The Morgan fingerprint density at radius 1 is 0.415 bits per heavy atom. The summed E-state index contributed by atoms with van der Waals surface area (Å²) >= 11 is 0. The average Bonchev–Trinajstić information content (AvgIpc) is 3.44. The van der Waals surface area contributed by atoms with E-state index in [9.17, 15) is 0 Å². The molecule has 0 atom stereocenters. The number of nitrogens with zero attached hydrogens (tertiary/aromatic N) is 3. The molecular weight excluding hydrogens is 498 g/mol. The first kappa shape index (κ1) is 23.4. The smallest absolute Gasteiger partial charge is 0.145 e. The first-order valence-corrected chi connectivity index (χ1v) is 13.8. The number of pyridine rings is 1. The van der Waals surface area contributed by atoms with Crippen LogP contribution in [0.3, 0.4) is 0 Å². The number of hydrogen-bond donors (Lipinski definition) is 0. The topological polar surface area (TPSA) is 30.7 Å². The van der Waals surface area contributed by atoms with Gasteiger partial charge in [-0.25, -0.2) is 4.98 Å². The van der Waals surface area contributed by atoms with Crippen LogP contribution in [0.2, 0.25) is 0 Å². The second-order valence-corrected chi connectivity index (χ2v) is 10.2. The Kier molecular flexibility index (Phi) is 5.46. The van der Waals surface area contributed by atoms with Gasteiger partial charge in [-0.05, 0) is 80.2 Å². The molecule has 2 aromatic heterocycles. The summed E-state index contributed by atoms with van der Waals surface area (Å²) in [5, 5.41) is 4.96. The molecule has 0 aliphatic rings. The minimum Gasteiger partial charge on any atom is -0.292 e. The van der Waals surface area contributed by atoms with Crippen molar-refractivity contribution >= 4 is 32.6 Å². The molecule has 0 spiro atoms. The molecule has 0 aliphatic heterocycles. The highest BCUT2D eigenvalue weighted by Gasteiger charge is 2.18. The quantitative estimate of drug-likeness (QED) is 0.215. The summed E-state index contributed by atoms with van der Waals surface area (Å²) in [4.78, 5) is 9.28. The fourth-order valence-corrected chi connectivity index (χ4v) is 6.11. The molecule has 3 nitrogen and oxygen atoms in total. The van der Waals surface area contributed by atoms with E-state index >= 15 is 0 Å². The van der Waals surface area contributed by atoms with Gasteiger partial charge in [0.1, 0.15) is 5.82 Å². The molecule has 192 valence electrons. The molecule has 3 heteroatoms. The van der Waals surface area contributed by atoms with Crippen LogP contribution in [-0.2, 0) is 0 Å². The summed E-state index contributed by atoms with van der Waals surface area (Å²) in [6, 6.07) is 49.4. The van der Waals surface area contributed by atoms with Crippen molar-refractivity contribution in [1.29, 1.82) is 0 Å². The van der Waals surface area contributed by atoms with Gasteiger partial charge in [0.25, 0.3) is 0 Å². The Bertz CT molecular complexity index is 2120. The lowest BCUT2D eigenvalue weighted by Gasteiger charge is -2.18. The largest absolute Gasteiger partial charge is 0.292 e. The highest BCUT2D eigenvalue weighted by Crippen LogP contribution is 2.43. The van der Waals surface area contributed by atoms with Crippen molar-refractivity contribution < 1.29 is 0 Å². The fraction of sp³-hybridized carbons (Fsp3) is 0. The summed E-state index contributed by atoms with van der Waals surface area (Å²) in [5.74, 6) is 0.942. The number of fused-ring (bicyclic) bond motifs is 3. The van der Waals surface area contributed by atoms with Crippen molar-refractivity contribution in [3.05, 3.63) is 152 Å². The van der Waals surface area contributed by atoms with E-state index < -0.39 is 0 Å². The van der Waals surface area contributed by atoms with Crippen LogP contribution in [-0.4, -0.2) is 14.5 Å². The molecule has 0 aliphatic carbocycles. The molecule has 0 unspecified atom stereocenters. The third kappa shape index (κ3) is 3.82. The highest BCUT2D eigenvalue weighted by atomic mass is 15.1. The number of imidazole rings is 1.